The van der Waals surface area contributed by atoms with E-state index >= 15 is 0 Å². The molecule has 0 radical (unpaired) electrons. The average Bonchev–Trinajstić information content (AvgIpc) is 3.43. The number of anilines is 3. The van der Waals surface area contributed by atoms with Gasteiger partial charge in [0.2, 0.25) is 0 Å². The number of hydrogen-bond donors (Lipinski definition) is 0. The number of benzene rings is 4. The van der Waals surface area contributed by atoms with E-state index in [9.17, 15) is 0 Å². The summed E-state index contributed by atoms with van der Waals surface area (Å²) in [5.74, 6) is 8.87. The summed E-state index contributed by atoms with van der Waals surface area (Å²) >= 11 is 13.9. The fraction of sp³-hybridized carbons (Fsp3) is 0.517. The van der Waals surface area contributed by atoms with Crippen LogP contribution < -0.4 is 90.1 Å². The van der Waals surface area contributed by atoms with E-state index in [1.807, 2.05) is 82.3 Å². The molecule has 0 N–H and O–H groups in total. The molecule has 0 bridgehead atoms. The number of ether oxygens (including phenoxy) is 1. The Morgan fingerprint density at radius 3 is 1.01 bits per heavy atom. The van der Waals surface area contributed by atoms with Crippen LogP contribution in [-0.2, 0) is 4.74 Å². The molecule has 4 aromatic carbocycles. The van der Waals surface area contributed by atoms with Crippen molar-refractivity contribution in [2.24, 2.45) is 0 Å². The molecule has 0 spiro atoms. The number of unbranched alkanes of at least 4 members (excludes halogenated alkanes) is 4. The van der Waals surface area contributed by atoms with Crippen molar-refractivity contribution < 1.29 is 80.2 Å². The van der Waals surface area contributed by atoms with Crippen LogP contribution in [0.3, 0.4) is 0 Å². The van der Waals surface area contributed by atoms with Crippen molar-refractivity contribution >= 4 is 99.4 Å². The van der Waals surface area contributed by atoms with Crippen LogP contribution in [0.1, 0.15) is 127 Å². The van der Waals surface area contributed by atoms with Crippen LogP contribution in [-0.4, -0.2) is 87.2 Å². The van der Waals surface area contributed by atoms with E-state index < -0.39 is 0 Å². The fourth-order valence-electron chi connectivity index (χ4n) is 7.61. The summed E-state index contributed by atoms with van der Waals surface area (Å²) in [7, 11) is 4.15. The molecule has 0 unspecified atom stereocenters. The maximum absolute atomic E-state index is 5.76. The molecule has 0 atom stereocenters. The average molecular weight is 1090 g/mol. The van der Waals surface area contributed by atoms with Crippen LogP contribution >= 0.6 is 82.3 Å². The smallest absolute Gasteiger partial charge is 0.399 e. The van der Waals surface area contributed by atoms with Gasteiger partial charge in [-0.1, -0.05) is 110 Å². The number of thioether (sulfide) groups is 7. The van der Waals surface area contributed by atoms with Crippen LogP contribution in [0.5, 0.6) is 0 Å². The topological polar surface area (TPSA) is 19.0 Å². The minimum atomic E-state index is 0. The normalized spacial score (nSPS) is 15.1. The molecule has 8 rings (SSSR count). The SMILES string of the molecule is CCCCN(CCCC)c1ccc([C-]2OCCCS2)cc1.CCCCN(CCCC)c1ccc([C-]2SCCCS2)cc1.CN(C)c1ccc([C-]2SCCCS2)cc1.[Li+].[Li+].[Li+].[Li+].c1ccc([C-]2SCCCS2)cc1. The molecule has 382 valence electrons. The number of rotatable bonds is 19. The molecular weight excluding hydrogens is 1010 g/mol. The van der Waals surface area contributed by atoms with Crippen LogP contribution in [0.2, 0.25) is 0 Å². The minimum Gasteiger partial charge on any atom is -0.399 e. The first-order chi connectivity index (χ1) is 33.9. The van der Waals surface area contributed by atoms with E-state index in [-0.39, 0.29) is 75.4 Å². The Bertz CT molecular complexity index is 1780. The van der Waals surface area contributed by atoms with Crippen molar-refractivity contribution in [1.29, 1.82) is 0 Å². The third kappa shape index (κ3) is 27.5. The zero-order chi connectivity index (χ0) is 48.7. The summed E-state index contributed by atoms with van der Waals surface area (Å²) in [6.07, 6.45) is 15.4. The molecule has 0 amide bonds. The monoisotopic (exact) mass is 1090 g/mol. The van der Waals surface area contributed by atoms with E-state index in [4.69, 9.17) is 4.74 Å². The first-order valence-electron chi connectivity index (χ1n) is 26.0. The maximum atomic E-state index is 5.76. The van der Waals surface area contributed by atoms with Crippen LogP contribution in [0.25, 0.3) is 0 Å². The molecule has 4 heterocycles. The van der Waals surface area contributed by atoms with Gasteiger partial charge < -0.3 is 19.4 Å². The first kappa shape index (κ1) is 71.6. The van der Waals surface area contributed by atoms with Gasteiger partial charge in [-0.05, 0) is 91.6 Å². The van der Waals surface area contributed by atoms with Gasteiger partial charge in [-0.25, -0.2) is 0 Å². The van der Waals surface area contributed by atoms with Gasteiger partial charge in [0.1, 0.15) is 0 Å². The summed E-state index contributed by atoms with van der Waals surface area (Å²) in [6.45, 7) is 14.6. The van der Waals surface area contributed by atoms with E-state index in [0.29, 0.717) is 0 Å². The molecule has 4 nitrogen and oxygen atoms in total. The maximum Gasteiger partial charge on any atom is 1.00 e. The first-order valence-corrected chi connectivity index (χ1v) is 32.9. The summed E-state index contributed by atoms with van der Waals surface area (Å²) in [4.78, 5) is 7.22. The van der Waals surface area contributed by atoms with Gasteiger partial charge in [-0.2, -0.15) is 153 Å². The molecule has 0 aromatic heterocycles. The van der Waals surface area contributed by atoms with E-state index in [0.717, 1.165) is 31.6 Å². The van der Waals surface area contributed by atoms with Gasteiger partial charge in [-0.3, -0.25) is 0 Å². The van der Waals surface area contributed by atoms with Gasteiger partial charge in [0.05, 0.1) is 0 Å². The predicted octanol–water partition coefficient (Wildman–Crippen LogP) is 5.76. The van der Waals surface area contributed by atoms with Gasteiger partial charge >= 0.3 is 75.4 Å². The standard InChI is InChI=1S/C18H28NOS.C18H28NS2.C12H16NS2.C10H11S2.4Li/c2*1-3-5-12-19(13-6-4-2)17-10-8-16(9-11-17)18-20-14-7-15-21-18;1-13(2)11-6-4-10(5-7-11)12-14-8-3-9-15-12;1-2-5-9(6-3-1)10-11-7-4-8-12-10;;;;/h2*8-11H,3-7,12-15H2,1-2H3;4-7H,3,8-9H2,1-2H3;1-3,5-6H,4,7-8H2;;;;/q4*-1;4*+1. The number of hydrogen-bond acceptors (Lipinski definition) is 11. The second kappa shape index (κ2) is 44.3. The Kier molecular flexibility index (Phi) is 43.5. The molecule has 4 aliphatic heterocycles. The molecule has 0 aliphatic carbocycles. The summed E-state index contributed by atoms with van der Waals surface area (Å²) in [6, 6.07) is 37.8. The quantitative estimate of drug-likeness (QED) is 0.0847. The Balaban J connectivity index is 0.000000487. The summed E-state index contributed by atoms with van der Waals surface area (Å²) < 4.78 is 10.3. The molecular formula is C58H83Li4N3OS7. The van der Waals surface area contributed by atoms with E-state index in [2.05, 4.69) is 160 Å². The molecule has 0 saturated carbocycles. The zero-order valence-electron chi connectivity index (χ0n) is 46.9. The Labute approximate surface area is 524 Å². The van der Waals surface area contributed by atoms with Crippen molar-refractivity contribution in [2.45, 2.75) is 105 Å². The third-order valence-corrected chi connectivity index (χ3v) is 20.9. The molecule has 4 aliphatic rings. The largest absolute Gasteiger partial charge is 1.00 e. The van der Waals surface area contributed by atoms with Crippen molar-refractivity contribution in [2.75, 3.05) is 102 Å². The van der Waals surface area contributed by atoms with Gasteiger partial charge in [0, 0.05) is 69.4 Å². The molecule has 15 heteroatoms. The van der Waals surface area contributed by atoms with Crippen molar-refractivity contribution in [3.63, 3.8) is 0 Å². The Morgan fingerprint density at radius 2 is 0.699 bits per heavy atom. The minimum absolute atomic E-state index is 0. The second-order valence-electron chi connectivity index (χ2n) is 17.6. The van der Waals surface area contributed by atoms with Crippen molar-refractivity contribution in [1.82, 2.24) is 0 Å². The Hall–Kier alpha value is 0.560. The van der Waals surface area contributed by atoms with Crippen molar-refractivity contribution in [3.05, 3.63) is 145 Å². The number of nitrogens with zero attached hydrogens (tertiary/aromatic N) is 3. The van der Waals surface area contributed by atoms with Gasteiger partial charge in [0.25, 0.3) is 0 Å². The fourth-order valence-corrected chi connectivity index (χ4v) is 16.2. The van der Waals surface area contributed by atoms with Crippen LogP contribution in [0.4, 0.5) is 17.1 Å². The molecule has 4 aromatic rings. The summed E-state index contributed by atoms with van der Waals surface area (Å²) in [5.41, 5.74) is 10.5. The molecule has 4 fully saturated rings. The van der Waals surface area contributed by atoms with Gasteiger partial charge in [-0.15, -0.1) is 12.1 Å². The Morgan fingerprint density at radius 1 is 0.384 bits per heavy atom. The van der Waals surface area contributed by atoms with E-state index in [1.165, 1.54) is 177 Å². The zero-order valence-corrected chi connectivity index (χ0v) is 52.6. The third-order valence-electron chi connectivity index (χ3n) is 11.7. The molecule has 73 heavy (non-hydrogen) atoms. The molecule has 4 saturated heterocycles. The predicted molar refractivity (Wildman–Crippen MR) is 325 cm³/mol. The summed E-state index contributed by atoms with van der Waals surface area (Å²) in [5, 5.41) is 0. The second-order valence-corrected chi connectivity index (χ2v) is 26.1. The van der Waals surface area contributed by atoms with Crippen molar-refractivity contribution in [3.8, 4) is 0 Å². The van der Waals surface area contributed by atoms with E-state index in [1.54, 1.807) is 0 Å². The van der Waals surface area contributed by atoms with Gasteiger partial charge in [0.15, 0.2) is 0 Å². The van der Waals surface area contributed by atoms with Crippen LogP contribution in [0, 0.1) is 19.2 Å². The van der Waals surface area contributed by atoms with Crippen LogP contribution in [0.15, 0.2) is 103 Å².